The minimum atomic E-state index is 0.117. The van der Waals surface area contributed by atoms with Crippen molar-refractivity contribution in [2.75, 3.05) is 13.6 Å². The molecular formula is C13H19NO. The van der Waals surface area contributed by atoms with Crippen LogP contribution in [0, 0.1) is 0 Å². The lowest BCUT2D eigenvalue weighted by Crippen LogP contribution is -2.27. The Kier molecular flexibility index (Phi) is 4.88. The van der Waals surface area contributed by atoms with E-state index in [9.17, 15) is 4.79 Å². The van der Waals surface area contributed by atoms with E-state index < -0.39 is 0 Å². The van der Waals surface area contributed by atoms with Crippen LogP contribution >= 0.6 is 0 Å². The topological polar surface area (TPSA) is 20.3 Å². The second-order valence-corrected chi connectivity index (χ2v) is 3.80. The fourth-order valence-corrected chi connectivity index (χ4v) is 1.50. The highest BCUT2D eigenvalue weighted by atomic mass is 16.2. The van der Waals surface area contributed by atoms with Crippen molar-refractivity contribution < 1.29 is 4.79 Å². The van der Waals surface area contributed by atoms with Gasteiger partial charge in [-0.2, -0.15) is 0 Å². The van der Waals surface area contributed by atoms with E-state index in [2.05, 4.69) is 6.92 Å². The van der Waals surface area contributed by atoms with Crippen LogP contribution in [0.4, 0.5) is 0 Å². The highest BCUT2D eigenvalue weighted by molar-refractivity contribution is 5.93. The summed E-state index contributed by atoms with van der Waals surface area (Å²) in [6, 6.07) is 9.44. The first-order valence-electron chi connectivity index (χ1n) is 5.56. The van der Waals surface area contributed by atoms with Crippen molar-refractivity contribution in [3.05, 3.63) is 35.9 Å². The maximum Gasteiger partial charge on any atom is 0.253 e. The Morgan fingerprint density at radius 3 is 2.47 bits per heavy atom. The van der Waals surface area contributed by atoms with Crippen LogP contribution in [0.2, 0.25) is 0 Å². The summed E-state index contributed by atoms with van der Waals surface area (Å²) in [6.07, 6.45) is 3.46. The summed E-state index contributed by atoms with van der Waals surface area (Å²) in [5.74, 6) is 0.117. The largest absolute Gasteiger partial charge is 0.342 e. The molecule has 0 bridgehead atoms. The molecule has 0 spiro atoms. The van der Waals surface area contributed by atoms with Gasteiger partial charge < -0.3 is 4.90 Å². The zero-order chi connectivity index (χ0) is 11.1. The van der Waals surface area contributed by atoms with Crippen LogP contribution < -0.4 is 0 Å². The number of carbonyl (C=O) groups excluding carboxylic acids is 1. The zero-order valence-corrected chi connectivity index (χ0v) is 9.57. The van der Waals surface area contributed by atoms with Gasteiger partial charge >= 0.3 is 0 Å². The van der Waals surface area contributed by atoms with Gasteiger partial charge in [0.1, 0.15) is 0 Å². The number of hydrogen-bond donors (Lipinski definition) is 0. The molecule has 2 nitrogen and oxygen atoms in total. The number of unbranched alkanes of at least 4 members (excludes halogenated alkanes) is 2. The zero-order valence-electron chi connectivity index (χ0n) is 9.57. The van der Waals surface area contributed by atoms with Crippen molar-refractivity contribution >= 4 is 5.91 Å². The quantitative estimate of drug-likeness (QED) is 0.677. The van der Waals surface area contributed by atoms with Crippen molar-refractivity contribution in [3.8, 4) is 0 Å². The summed E-state index contributed by atoms with van der Waals surface area (Å²) in [5.41, 5.74) is 0.775. The number of hydrogen-bond acceptors (Lipinski definition) is 1. The first-order valence-corrected chi connectivity index (χ1v) is 5.56. The Balaban J connectivity index is 2.46. The molecule has 15 heavy (non-hydrogen) atoms. The summed E-state index contributed by atoms with van der Waals surface area (Å²) in [7, 11) is 1.87. The maximum atomic E-state index is 11.9. The number of amides is 1. The Bertz CT molecular complexity index is 295. The third-order valence-electron chi connectivity index (χ3n) is 2.46. The highest BCUT2D eigenvalue weighted by Crippen LogP contribution is 2.04. The van der Waals surface area contributed by atoms with Gasteiger partial charge in [-0.15, -0.1) is 0 Å². The molecule has 0 aromatic heterocycles. The molecule has 1 rings (SSSR count). The van der Waals surface area contributed by atoms with Gasteiger partial charge in [0.2, 0.25) is 0 Å². The predicted molar refractivity (Wildman–Crippen MR) is 62.9 cm³/mol. The molecule has 0 saturated carbocycles. The molecule has 0 N–H and O–H groups in total. The van der Waals surface area contributed by atoms with Crippen LogP contribution in [0.5, 0.6) is 0 Å². The lowest BCUT2D eigenvalue weighted by Gasteiger charge is -2.16. The highest BCUT2D eigenvalue weighted by Gasteiger charge is 2.09. The Labute approximate surface area is 91.9 Å². The van der Waals surface area contributed by atoms with Gasteiger partial charge in [0.25, 0.3) is 5.91 Å². The Morgan fingerprint density at radius 1 is 1.20 bits per heavy atom. The number of carbonyl (C=O) groups is 1. The van der Waals surface area contributed by atoms with Crippen molar-refractivity contribution in [1.82, 2.24) is 4.90 Å². The van der Waals surface area contributed by atoms with E-state index in [0.717, 1.165) is 18.5 Å². The van der Waals surface area contributed by atoms with Crippen molar-refractivity contribution in [3.63, 3.8) is 0 Å². The molecule has 0 unspecified atom stereocenters. The maximum absolute atomic E-state index is 11.9. The third-order valence-corrected chi connectivity index (χ3v) is 2.46. The molecule has 1 aromatic rings. The molecule has 2 heteroatoms. The fraction of sp³-hybridized carbons (Fsp3) is 0.462. The van der Waals surface area contributed by atoms with Gasteiger partial charge in [-0.3, -0.25) is 4.79 Å². The van der Waals surface area contributed by atoms with Gasteiger partial charge in [-0.1, -0.05) is 38.0 Å². The summed E-state index contributed by atoms with van der Waals surface area (Å²) < 4.78 is 0. The van der Waals surface area contributed by atoms with Crippen molar-refractivity contribution in [2.45, 2.75) is 26.2 Å². The number of rotatable bonds is 5. The normalized spacial score (nSPS) is 10.0. The van der Waals surface area contributed by atoms with Gasteiger partial charge in [-0.05, 0) is 18.6 Å². The summed E-state index contributed by atoms with van der Waals surface area (Å²) in [6.45, 7) is 3.01. The van der Waals surface area contributed by atoms with Crippen LogP contribution in [-0.4, -0.2) is 24.4 Å². The molecule has 1 aromatic carbocycles. The van der Waals surface area contributed by atoms with E-state index in [0.29, 0.717) is 0 Å². The molecule has 0 radical (unpaired) electrons. The average molecular weight is 205 g/mol. The first kappa shape index (κ1) is 11.8. The first-order chi connectivity index (χ1) is 7.25. The van der Waals surface area contributed by atoms with E-state index in [1.165, 1.54) is 12.8 Å². The summed E-state index contributed by atoms with van der Waals surface area (Å²) in [4.78, 5) is 13.7. The number of benzene rings is 1. The van der Waals surface area contributed by atoms with E-state index in [1.54, 1.807) is 4.90 Å². The molecule has 82 valence electrons. The smallest absolute Gasteiger partial charge is 0.253 e. The van der Waals surface area contributed by atoms with Crippen molar-refractivity contribution in [2.24, 2.45) is 0 Å². The second-order valence-electron chi connectivity index (χ2n) is 3.80. The van der Waals surface area contributed by atoms with E-state index >= 15 is 0 Å². The van der Waals surface area contributed by atoms with Gasteiger partial charge in [0.15, 0.2) is 0 Å². The number of nitrogens with zero attached hydrogens (tertiary/aromatic N) is 1. The van der Waals surface area contributed by atoms with Crippen LogP contribution in [-0.2, 0) is 0 Å². The van der Waals surface area contributed by atoms with Crippen LogP contribution in [0.3, 0.4) is 0 Å². The molecule has 0 aliphatic carbocycles. The average Bonchev–Trinajstić information content (AvgIpc) is 2.29. The third kappa shape index (κ3) is 3.74. The monoisotopic (exact) mass is 205 g/mol. The standard InChI is InChI=1S/C13H19NO/c1-3-4-8-11-14(2)13(15)12-9-6-5-7-10-12/h5-7,9-10H,3-4,8,11H2,1-2H3. The van der Waals surface area contributed by atoms with Crippen LogP contribution in [0.25, 0.3) is 0 Å². The fourth-order valence-electron chi connectivity index (χ4n) is 1.50. The summed E-state index contributed by atoms with van der Waals surface area (Å²) >= 11 is 0. The predicted octanol–water partition coefficient (Wildman–Crippen LogP) is 2.95. The minimum Gasteiger partial charge on any atom is -0.342 e. The molecule has 1 amide bonds. The van der Waals surface area contributed by atoms with E-state index in [4.69, 9.17) is 0 Å². The van der Waals surface area contributed by atoms with E-state index in [1.807, 2.05) is 37.4 Å². The second kappa shape index (κ2) is 6.23. The molecule has 0 heterocycles. The Hall–Kier alpha value is -1.31. The van der Waals surface area contributed by atoms with E-state index in [-0.39, 0.29) is 5.91 Å². The van der Waals surface area contributed by atoms with Crippen LogP contribution in [0.1, 0.15) is 36.5 Å². The summed E-state index contributed by atoms with van der Waals surface area (Å²) in [5, 5.41) is 0. The molecule has 0 atom stereocenters. The van der Waals surface area contributed by atoms with Crippen molar-refractivity contribution in [1.29, 1.82) is 0 Å². The molecule has 0 fully saturated rings. The Morgan fingerprint density at radius 2 is 1.87 bits per heavy atom. The van der Waals surface area contributed by atoms with Gasteiger partial charge in [-0.25, -0.2) is 0 Å². The SMILES string of the molecule is CCCCCN(C)C(=O)c1ccccc1. The molecule has 0 saturated heterocycles. The molecule has 0 aliphatic rings. The lowest BCUT2D eigenvalue weighted by molar-refractivity contribution is 0.0792. The molecule has 0 aliphatic heterocycles. The van der Waals surface area contributed by atoms with Crippen LogP contribution in [0.15, 0.2) is 30.3 Å². The lowest BCUT2D eigenvalue weighted by atomic mass is 10.2. The van der Waals surface area contributed by atoms with Gasteiger partial charge in [0.05, 0.1) is 0 Å². The van der Waals surface area contributed by atoms with Gasteiger partial charge in [0, 0.05) is 19.2 Å². The minimum absolute atomic E-state index is 0.117. The molecular weight excluding hydrogens is 186 g/mol.